The average Bonchev–Trinajstić information content (AvgIpc) is 3.33. The lowest BCUT2D eigenvalue weighted by atomic mass is 10.1. The van der Waals surface area contributed by atoms with Crippen LogP contribution in [-0.4, -0.2) is 61.9 Å². The summed E-state index contributed by atoms with van der Waals surface area (Å²) in [6, 6.07) is 13.7. The molecule has 33 heavy (non-hydrogen) atoms. The van der Waals surface area contributed by atoms with E-state index in [1.54, 1.807) is 62.6 Å². The molecule has 10 nitrogen and oxygen atoms in total. The van der Waals surface area contributed by atoms with Crippen molar-refractivity contribution in [2.75, 3.05) is 26.4 Å². The number of nitrogens with two attached hydrogens (primary N) is 1. The second-order valence-corrected chi connectivity index (χ2v) is 7.50. The number of hydrogen-bond acceptors (Lipinski definition) is 9. The summed E-state index contributed by atoms with van der Waals surface area (Å²) in [6.07, 6.45) is 0.578. The average molecular weight is 455 g/mol. The van der Waals surface area contributed by atoms with Crippen LogP contribution in [0.3, 0.4) is 0 Å². The van der Waals surface area contributed by atoms with Gasteiger partial charge in [-0.15, -0.1) is 10.2 Å². The number of carbonyl (C=O) groups excluding carboxylic acids is 1. The van der Waals surface area contributed by atoms with Crippen LogP contribution in [0.1, 0.15) is 27.7 Å². The molecule has 4 aromatic rings. The summed E-state index contributed by atoms with van der Waals surface area (Å²) in [4.78, 5) is 22.3. The van der Waals surface area contributed by atoms with E-state index in [1.165, 1.54) is 11.1 Å². The van der Waals surface area contributed by atoms with Gasteiger partial charge in [-0.3, -0.25) is 4.79 Å². The fourth-order valence-electron chi connectivity index (χ4n) is 3.13. The summed E-state index contributed by atoms with van der Waals surface area (Å²) in [6.45, 7) is -0.368. The molecule has 0 bridgehead atoms. The van der Waals surface area contributed by atoms with Gasteiger partial charge in [-0.05, 0) is 29.8 Å². The Balaban J connectivity index is 0.00000324. The number of amides is 1. The molecule has 0 aliphatic heterocycles. The van der Waals surface area contributed by atoms with Crippen molar-refractivity contribution in [1.29, 1.82) is 0 Å². The van der Waals surface area contributed by atoms with E-state index in [2.05, 4.69) is 20.2 Å². The van der Waals surface area contributed by atoms with Gasteiger partial charge in [-0.25, -0.2) is 9.97 Å². The second-order valence-electron chi connectivity index (χ2n) is 7.50. The summed E-state index contributed by atoms with van der Waals surface area (Å²) < 4.78 is 5.76. The van der Waals surface area contributed by atoms with E-state index in [0.29, 0.717) is 22.4 Å². The first kappa shape index (κ1) is 22.1. The van der Waals surface area contributed by atoms with Gasteiger partial charge in [-0.1, -0.05) is 24.3 Å². The van der Waals surface area contributed by atoms with Crippen LogP contribution in [0.2, 0.25) is 0 Å². The van der Waals surface area contributed by atoms with Gasteiger partial charge in [0.25, 0.3) is 11.8 Å². The third-order valence-electron chi connectivity index (χ3n) is 4.98. The van der Waals surface area contributed by atoms with Gasteiger partial charge in [0.2, 0.25) is 5.89 Å². The predicted molar refractivity (Wildman–Crippen MR) is 129 cm³/mol. The van der Waals surface area contributed by atoms with Gasteiger partial charge in [0.1, 0.15) is 6.10 Å². The van der Waals surface area contributed by atoms with Crippen molar-refractivity contribution in [3.63, 3.8) is 0 Å². The highest BCUT2D eigenvalue weighted by molar-refractivity contribution is 5.94. The maximum absolute atomic E-state index is 12.1. The number of anilines is 1. The van der Waals surface area contributed by atoms with Gasteiger partial charge in [-0.2, -0.15) is 0 Å². The minimum atomic E-state index is -0.954. The second kappa shape index (κ2) is 9.15. The highest BCUT2D eigenvalue weighted by Gasteiger charge is 2.17. The topological polar surface area (TPSA) is 151 Å². The zero-order valence-electron chi connectivity index (χ0n) is 18.0. The van der Waals surface area contributed by atoms with Crippen LogP contribution in [0.4, 0.5) is 5.82 Å². The third-order valence-corrected chi connectivity index (χ3v) is 4.98. The standard InChI is InChI=1S/C23H22N6O4.4H2/c1-29(2)23(32)16-9-3-13(4-10-16)17-11-25-20(24)19(26-17)22-28-27-21(33-22)15-7-5-14(6-8-15)18(31)12-30;;;;/h3-11,18,30-31H,12H2,1-2H3,(H2,24,25);4*1H. The highest BCUT2D eigenvalue weighted by Crippen LogP contribution is 2.28. The number of hydrogen-bond donors (Lipinski definition) is 3. The van der Waals surface area contributed by atoms with Crippen molar-refractivity contribution in [3.05, 3.63) is 65.9 Å². The maximum atomic E-state index is 12.1. The summed E-state index contributed by atoms with van der Waals surface area (Å²) in [5.41, 5.74) is 9.30. The number of aliphatic hydroxyl groups is 2. The molecule has 0 radical (unpaired) electrons. The Morgan fingerprint density at radius 1 is 1.06 bits per heavy atom. The lowest BCUT2D eigenvalue weighted by Gasteiger charge is -2.10. The molecule has 2 aromatic heterocycles. The molecule has 4 N–H and O–H groups in total. The summed E-state index contributed by atoms with van der Waals surface area (Å²) in [5, 5.41) is 26.9. The molecular weight excluding hydrogens is 424 g/mol. The summed E-state index contributed by atoms with van der Waals surface area (Å²) >= 11 is 0. The van der Waals surface area contributed by atoms with E-state index >= 15 is 0 Å². The van der Waals surface area contributed by atoms with Crippen LogP contribution in [0.15, 0.2) is 59.1 Å². The molecule has 0 fully saturated rings. The zero-order valence-corrected chi connectivity index (χ0v) is 18.0. The molecule has 0 saturated heterocycles. The first-order chi connectivity index (χ1) is 15.9. The number of benzene rings is 2. The van der Waals surface area contributed by atoms with Gasteiger partial charge >= 0.3 is 0 Å². The Labute approximate surface area is 195 Å². The van der Waals surface area contributed by atoms with E-state index in [1.807, 2.05) is 0 Å². The molecule has 176 valence electrons. The number of aromatic nitrogens is 4. The largest absolute Gasteiger partial charge is 0.414 e. The Kier molecular flexibility index (Phi) is 6.11. The molecule has 1 atom stereocenters. The normalized spacial score (nSPS) is 11.9. The molecule has 1 unspecified atom stereocenters. The number of carbonyl (C=O) groups is 1. The number of nitrogens with zero attached hydrogens (tertiary/aromatic N) is 5. The molecular formula is C23H30N6O4. The van der Waals surface area contributed by atoms with Crippen molar-refractivity contribution >= 4 is 11.7 Å². The Morgan fingerprint density at radius 2 is 1.70 bits per heavy atom. The minimum Gasteiger partial charge on any atom is -0.414 e. The van der Waals surface area contributed by atoms with E-state index < -0.39 is 6.10 Å². The van der Waals surface area contributed by atoms with E-state index in [4.69, 9.17) is 15.3 Å². The monoisotopic (exact) mass is 454 g/mol. The minimum absolute atomic E-state index is 0. The Bertz CT molecular complexity index is 1290. The smallest absolute Gasteiger partial charge is 0.270 e. The van der Waals surface area contributed by atoms with Gasteiger partial charge in [0.05, 0.1) is 18.5 Å². The van der Waals surface area contributed by atoms with Crippen LogP contribution in [-0.2, 0) is 0 Å². The third kappa shape index (κ3) is 4.56. The Morgan fingerprint density at radius 3 is 2.33 bits per heavy atom. The van der Waals surface area contributed by atoms with E-state index in [0.717, 1.165) is 5.56 Å². The van der Waals surface area contributed by atoms with Gasteiger partial charge in [0, 0.05) is 36.5 Å². The molecule has 0 spiro atoms. The molecule has 0 saturated carbocycles. The SMILES string of the molecule is CN(C)C(=O)c1ccc(-c2cnc(N)c(-c3nnc(-c4ccc(C(O)CO)cc4)o3)n2)cc1.[HH].[HH].[HH].[HH]. The van der Waals surface area contributed by atoms with Crippen LogP contribution in [0, 0.1) is 0 Å². The molecule has 4 rings (SSSR count). The predicted octanol–water partition coefficient (Wildman–Crippen LogP) is 3.15. The van der Waals surface area contributed by atoms with Crippen molar-refractivity contribution in [1.82, 2.24) is 25.1 Å². The molecule has 0 aliphatic rings. The van der Waals surface area contributed by atoms with Crippen LogP contribution < -0.4 is 5.73 Å². The molecule has 1 amide bonds. The van der Waals surface area contributed by atoms with Crippen molar-refractivity contribution in [3.8, 4) is 34.3 Å². The summed E-state index contributed by atoms with van der Waals surface area (Å²) in [5.74, 6) is 0.390. The van der Waals surface area contributed by atoms with Gasteiger partial charge < -0.3 is 25.3 Å². The fourth-order valence-corrected chi connectivity index (χ4v) is 3.13. The van der Waals surface area contributed by atoms with Crippen LogP contribution in [0.5, 0.6) is 0 Å². The van der Waals surface area contributed by atoms with Crippen molar-refractivity contribution in [2.45, 2.75) is 6.10 Å². The van der Waals surface area contributed by atoms with Crippen LogP contribution in [0.25, 0.3) is 34.3 Å². The Hall–Kier alpha value is -4.15. The molecule has 10 heteroatoms. The molecule has 0 aliphatic carbocycles. The van der Waals surface area contributed by atoms with Crippen LogP contribution >= 0.6 is 0 Å². The molecule has 2 aromatic carbocycles. The maximum Gasteiger partial charge on any atom is 0.270 e. The fraction of sp³-hybridized carbons (Fsp3) is 0.174. The quantitative estimate of drug-likeness (QED) is 0.399. The van der Waals surface area contributed by atoms with Crippen molar-refractivity contribution in [2.24, 2.45) is 0 Å². The lowest BCUT2D eigenvalue weighted by molar-refractivity contribution is 0.0827. The molecule has 2 heterocycles. The lowest BCUT2D eigenvalue weighted by Crippen LogP contribution is -2.21. The highest BCUT2D eigenvalue weighted by atomic mass is 16.4. The first-order valence-electron chi connectivity index (χ1n) is 10.0. The number of rotatable bonds is 6. The van der Waals surface area contributed by atoms with Gasteiger partial charge in [0.15, 0.2) is 11.5 Å². The van der Waals surface area contributed by atoms with E-state index in [9.17, 15) is 9.90 Å². The first-order valence-corrected chi connectivity index (χ1v) is 10.0. The van der Waals surface area contributed by atoms with Crippen molar-refractivity contribution < 1.29 is 25.1 Å². The summed E-state index contributed by atoms with van der Waals surface area (Å²) in [7, 11) is 3.39. The zero-order chi connectivity index (χ0) is 23.5. The number of nitrogen functional groups attached to an aromatic ring is 1. The number of aliphatic hydroxyl groups excluding tert-OH is 2. The van der Waals surface area contributed by atoms with E-state index in [-0.39, 0.29) is 41.5 Å².